The van der Waals surface area contributed by atoms with Crippen LogP contribution in [0.15, 0.2) is 24.3 Å². The lowest BCUT2D eigenvalue weighted by atomic mass is 10.0. The molecule has 2 rings (SSSR count). The molecule has 1 amide bonds. The number of carbonyl (C=O) groups is 3. The van der Waals surface area contributed by atoms with E-state index < -0.39 is 5.97 Å². The summed E-state index contributed by atoms with van der Waals surface area (Å²) in [5, 5.41) is 2.82. The van der Waals surface area contributed by atoms with Crippen LogP contribution >= 0.6 is 0 Å². The first-order chi connectivity index (χ1) is 13.2. The average molecular weight is 386 g/mol. The highest BCUT2D eigenvalue weighted by atomic mass is 16.5. The van der Waals surface area contributed by atoms with Gasteiger partial charge in [-0.05, 0) is 39.8 Å². The molecule has 150 valence electrons. The van der Waals surface area contributed by atoms with Gasteiger partial charge in [0.25, 0.3) is 5.91 Å². The molecule has 28 heavy (non-hydrogen) atoms. The Morgan fingerprint density at radius 2 is 1.61 bits per heavy atom. The van der Waals surface area contributed by atoms with Crippen LogP contribution in [0.2, 0.25) is 0 Å². The van der Waals surface area contributed by atoms with Crippen molar-refractivity contribution in [1.82, 2.24) is 4.98 Å². The minimum atomic E-state index is -0.512. The summed E-state index contributed by atoms with van der Waals surface area (Å²) in [6.07, 6.45) is 0. The van der Waals surface area contributed by atoms with Gasteiger partial charge in [-0.3, -0.25) is 9.59 Å². The summed E-state index contributed by atoms with van der Waals surface area (Å²) in [6.45, 7) is 7.65. The van der Waals surface area contributed by atoms with Crippen LogP contribution in [0.5, 0.6) is 0 Å². The van der Waals surface area contributed by atoms with Crippen molar-refractivity contribution in [3.63, 3.8) is 0 Å². The normalized spacial score (nSPS) is 11.8. The van der Waals surface area contributed by atoms with Crippen LogP contribution in [-0.2, 0) is 9.53 Å². The molecule has 1 aromatic heterocycles. The Bertz CT molecular complexity index is 869. The Morgan fingerprint density at radius 1 is 1.00 bits per heavy atom. The second-order valence-electron chi connectivity index (χ2n) is 6.99. The number of aromatic amines is 1. The van der Waals surface area contributed by atoms with Crippen molar-refractivity contribution in [3.8, 4) is 0 Å². The van der Waals surface area contributed by atoms with Crippen LogP contribution in [0.4, 0.5) is 5.69 Å². The number of esters is 1. The lowest BCUT2D eigenvalue weighted by Gasteiger charge is -2.14. The van der Waals surface area contributed by atoms with E-state index in [4.69, 9.17) is 4.74 Å². The summed E-state index contributed by atoms with van der Waals surface area (Å²) < 4.78 is 5.08. The third-order valence-electron chi connectivity index (χ3n) is 4.39. The number of nitrogens with one attached hydrogen (secondary N) is 3. The maximum atomic E-state index is 12.8. The molecule has 3 N–H and O–H groups in total. The summed E-state index contributed by atoms with van der Waals surface area (Å²) in [6, 6.07) is 7.52. The number of hydrogen-bond acceptors (Lipinski definition) is 4. The fourth-order valence-electron chi connectivity index (χ4n) is 3.13. The summed E-state index contributed by atoms with van der Waals surface area (Å²) in [5.41, 5.74) is 3.68. The maximum Gasteiger partial charge on any atom is 0.340 e. The third kappa shape index (κ3) is 5.29. The standard InChI is InChI=1S/C21H27N3O4/c1-6-28-21(27)20-15(4)22-14(3)19(20)17(25)11-24(5)12-18(26)23-16-9-7-13(2)8-10-16/h7-10,22H,6,11-12H2,1-5H3,(H,23,26)/p+1. The van der Waals surface area contributed by atoms with Gasteiger partial charge in [-0.1, -0.05) is 17.7 Å². The van der Waals surface area contributed by atoms with Crippen molar-refractivity contribution in [2.75, 3.05) is 32.1 Å². The van der Waals surface area contributed by atoms with E-state index >= 15 is 0 Å². The molecule has 1 aromatic carbocycles. The van der Waals surface area contributed by atoms with Gasteiger partial charge in [0, 0.05) is 17.1 Å². The minimum absolute atomic E-state index is 0.0891. The molecule has 2 aromatic rings. The molecule has 0 radical (unpaired) electrons. The third-order valence-corrected chi connectivity index (χ3v) is 4.39. The first-order valence-electron chi connectivity index (χ1n) is 9.30. The lowest BCUT2D eigenvalue weighted by molar-refractivity contribution is -0.861. The summed E-state index contributed by atoms with van der Waals surface area (Å²) >= 11 is 0. The molecule has 0 saturated carbocycles. The molecule has 1 atom stereocenters. The number of amides is 1. The molecule has 0 fully saturated rings. The zero-order valence-corrected chi connectivity index (χ0v) is 17.1. The summed E-state index contributed by atoms with van der Waals surface area (Å²) in [7, 11) is 1.77. The van der Waals surface area contributed by atoms with E-state index in [0.717, 1.165) is 16.2 Å². The van der Waals surface area contributed by atoms with Gasteiger partial charge in [0.15, 0.2) is 6.54 Å². The predicted octanol–water partition coefficient (Wildman–Crippen LogP) is 1.45. The molecule has 0 aliphatic carbocycles. The number of Topliss-reactive ketones (excluding diaryl/α,β-unsaturated/α-hetero) is 1. The second-order valence-corrected chi connectivity index (χ2v) is 6.99. The molecule has 0 saturated heterocycles. The highest BCUT2D eigenvalue weighted by molar-refractivity contribution is 6.08. The van der Waals surface area contributed by atoms with Crippen LogP contribution in [-0.4, -0.2) is 49.4 Å². The molecule has 1 unspecified atom stereocenters. The van der Waals surface area contributed by atoms with Gasteiger partial charge >= 0.3 is 5.97 Å². The number of benzene rings is 1. The zero-order valence-electron chi connectivity index (χ0n) is 17.1. The number of ketones is 1. The van der Waals surface area contributed by atoms with E-state index in [-0.39, 0.29) is 37.0 Å². The Hall–Kier alpha value is -2.93. The van der Waals surface area contributed by atoms with Gasteiger partial charge in [0.1, 0.15) is 6.54 Å². The number of hydrogen-bond donors (Lipinski definition) is 3. The molecule has 0 bridgehead atoms. The van der Waals surface area contributed by atoms with Crippen molar-refractivity contribution in [2.24, 2.45) is 0 Å². The largest absolute Gasteiger partial charge is 0.462 e. The summed E-state index contributed by atoms with van der Waals surface area (Å²) in [4.78, 5) is 41.0. The van der Waals surface area contributed by atoms with E-state index in [1.54, 1.807) is 27.8 Å². The van der Waals surface area contributed by atoms with Gasteiger partial charge in [-0.2, -0.15) is 0 Å². The summed E-state index contributed by atoms with van der Waals surface area (Å²) in [5.74, 6) is -0.894. The average Bonchev–Trinajstić information content (AvgIpc) is 2.91. The van der Waals surface area contributed by atoms with Crippen LogP contribution in [0.3, 0.4) is 0 Å². The highest BCUT2D eigenvalue weighted by Gasteiger charge is 2.27. The van der Waals surface area contributed by atoms with Crippen molar-refractivity contribution in [3.05, 3.63) is 52.3 Å². The topological polar surface area (TPSA) is 92.7 Å². The van der Waals surface area contributed by atoms with Crippen LogP contribution in [0, 0.1) is 20.8 Å². The van der Waals surface area contributed by atoms with E-state index in [1.165, 1.54) is 0 Å². The number of H-pyrrole nitrogens is 1. The fraction of sp³-hybridized carbons (Fsp3) is 0.381. The molecular weight excluding hydrogens is 358 g/mol. The monoisotopic (exact) mass is 386 g/mol. The number of rotatable bonds is 8. The number of aromatic nitrogens is 1. The SMILES string of the molecule is CCOC(=O)c1c(C)[nH]c(C)c1C(=O)C[NH+](C)CC(=O)Nc1ccc(C)cc1. The maximum absolute atomic E-state index is 12.8. The Balaban J connectivity index is 2.03. The van der Waals surface area contributed by atoms with Crippen molar-refractivity contribution < 1.29 is 24.0 Å². The van der Waals surface area contributed by atoms with E-state index in [0.29, 0.717) is 17.0 Å². The molecule has 0 aliphatic rings. The Labute approximate surface area is 165 Å². The smallest absolute Gasteiger partial charge is 0.340 e. The molecule has 1 heterocycles. The number of carbonyl (C=O) groups excluding carboxylic acids is 3. The number of quaternary nitrogens is 1. The van der Waals surface area contributed by atoms with Gasteiger partial charge in [0.2, 0.25) is 5.78 Å². The molecule has 0 spiro atoms. The first kappa shape index (κ1) is 21.4. The van der Waals surface area contributed by atoms with Gasteiger partial charge in [-0.15, -0.1) is 0 Å². The minimum Gasteiger partial charge on any atom is -0.462 e. The number of anilines is 1. The number of likely N-dealkylation sites (N-methyl/N-ethyl adjacent to an activating group) is 1. The van der Waals surface area contributed by atoms with Gasteiger partial charge in [-0.25, -0.2) is 4.79 Å². The molecule has 7 heteroatoms. The van der Waals surface area contributed by atoms with Crippen LogP contribution in [0.1, 0.15) is 44.6 Å². The Morgan fingerprint density at radius 3 is 2.21 bits per heavy atom. The number of ether oxygens (including phenoxy) is 1. The van der Waals surface area contributed by atoms with E-state index in [2.05, 4.69) is 10.3 Å². The lowest BCUT2D eigenvalue weighted by Crippen LogP contribution is -3.11. The van der Waals surface area contributed by atoms with E-state index in [1.807, 2.05) is 31.2 Å². The van der Waals surface area contributed by atoms with Crippen LogP contribution in [0.25, 0.3) is 0 Å². The molecule has 7 nitrogen and oxygen atoms in total. The predicted molar refractivity (Wildman–Crippen MR) is 107 cm³/mol. The van der Waals surface area contributed by atoms with Crippen molar-refractivity contribution >= 4 is 23.3 Å². The first-order valence-corrected chi connectivity index (χ1v) is 9.30. The van der Waals surface area contributed by atoms with E-state index in [9.17, 15) is 14.4 Å². The quantitative estimate of drug-likeness (QED) is 0.473. The Kier molecular flexibility index (Phi) is 7.12. The van der Waals surface area contributed by atoms with Crippen molar-refractivity contribution in [2.45, 2.75) is 27.7 Å². The van der Waals surface area contributed by atoms with Gasteiger partial charge in [0.05, 0.1) is 24.8 Å². The fourth-order valence-corrected chi connectivity index (χ4v) is 3.13. The van der Waals surface area contributed by atoms with Crippen molar-refractivity contribution in [1.29, 1.82) is 0 Å². The molecule has 0 aliphatic heterocycles. The zero-order chi connectivity index (χ0) is 20.8. The highest BCUT2D eigenvalue weighted by Crippen LogP contribution is 2.19. The van der Waals surface area contributed by atoms with Gasteiger partial charge < -0.3 is 19.9 Å². The second kappa shape index (κ2) is 9.32. The number of aryl methyl sites for hydroxylation is 3. The van der Waals surface area contributed by atoms with Crippen LogP contribution < -0.4 is 10.2 Å². The molecular formula is C21H28N3O4+.